The summed E-state index contributed by atoms with van der Waals surface area (Å²) < 4.78 is 1.71. The van der Waals surface area contributed by atoms with Crippen molar-refractivity contribution in [3.05, 3.63) is 47.0 Å². The Balaban J connectivity index is 1.58. The van der Waals surface area contributed by atoms with Gasteiger partial charge in [-0.3, -0.25) is 10.2 Å². The van der Waals surface area contributed by atoms with Gasteiger partial charge < -0.3 is 4.57 Å². The monoisotopic (exact) mass is 368 g/mol. The minimum Gasteiger partial charge on any atom is -0.308 e. The molecule has 0 amide bonds. The first kappa shape index (κ1) is 16.7. The van der Waals surface area contributed by atoms with Gasteiger partial charge in [0.1, 0.15) is 0 Å². The van der Waals surface area contributed by atoms with Crippen LogP contribution in [0, 0.1) is 12.8 Å². The molecule has 8 heteroatoms. The minimum atomic E-state index is 0.0753. The lowest BCUT2D eigenvalue weighted by atomic mass is 10.2. The van der Waals surface area contributed by atoms with Crippen LogP contribution in [0.15, 0.2) is 35.7 Å². The number of aryl methyl sites for hydroxylation is 1. The molecule has 0 radical (unpaired) electrons. The molecule has 0 saturated heterocycles. The van der Waals surface area contributed by atoms with Gasteiger partial charge in [0.05, 0.1) is 19.1 Å². The number of nitrogens with one attached hydrogen (secondary N) is 1. The highest BCUT2D eigenvalue weighted by Gasteiger charge is 2.29. The molecule has 26 heavy (non-hydrogen) atoms. The Bertz CT molecular complexity index is 1010. The molecule has 1 saturated carbocycles. The molecular weight excluding hydrogens is 352 g/mol. The van der Waals surface area contributed by atoms with Crippen molar-refractivity contribution in [3.63, 3.8) is 0 Å². The number of fused-ring (bicyclic) bond motifs is 1. The fourth-order valence-electron chi connectivity index (χ4n) is 2.73. The molecule has 2 aromatic heterocycles. The molecule has 7 nitrogen and oxygen atoms in total. The number of imidazole rings is 1. The number of carbonyl (C=O) groups excluding carboxylic acids is 1. The molecule has 2 heterocycles. The van der Waals surface area contributed by atoms with Gasteiger partial charge in [-0.1, -0.05) is 29.8 Å². The number of Topliss-reactive ketones (excluding diaryl/α,β-unsaturated/α-hetero) is 1. The van der Waals surface area contributed by atoms with Crippen LogP contribution in [-0.2, 0) is 11.3 Å². The topological polar surface area (TPSA) is 85.1 Å². The summed E-state index contributed by atoms with van der Waals surface area (Å²) in [5.74, 6) is 0.786. The second kappa shape index (κ2) is 6.84. The van der Waals surface area contributed by atoms with Crippen molar-refractivity contribution in [3.8, 4) is 0 Å². The van der Waals surface area contributed by atoms with E-state index in [2.05, 4.69) is 25.5 Å². The third-order valence-electron chi connectivity index (χ3n) is 4.22. The predicted molar refractivity (Wildman–Crippen MR) is 100 cm³/mol. The average Bonchev–Trinajstić information content (AvgIpc) is 3.38. The van der Waals surface area contributed by atoms with Crippen LogP contribution in [0.5, 0.6) is 0 Å². The molecule has 1 aromatic carbocycles. The standard InChI is InChI=1S/C18H17ClN6O/c1-11-3-2-4-12(7-11)8-21-24-16-15-17(23-18(19)22-16)25(10-20-15)9-14(26)13-5-6-13/h2-4,7-8,10,13H,5-6,9H2,1H3,(H,22,23,24)/b21-8+. The van der Waals surface area contributed by atoms with E-state index in [4.69, 9.17) is 11.6 Å². The Morgan fingerprint density at radius 1 is 1.42 bits per heavy atom. The molecule has 1 aliphatic carbocycles. The molecule has 4 rings (SSSR count). The van der Waals surface area contributed by atoms with Gasteiger partial charge in [-0.05, 0) is 36.9 Å². The van der Waals surface area contributed by atoms with Crippen LogP contribution in [-0.4, -0.2) is 31.5 Å². The summed E-state index contributed by atoms with van der Waals surface area (Å²) in [6.45, 7) is 2.27. The molecule has 0 spiro atoms. The van der Waals surface area contributed by atoms with E-state index >= 15 is 0 Å². The highest BCUT2D eigenvalue weighted by atomic mass is 35.5. The fraction of sp³-hybridized carbons (Fsp3) is 0.278. The van der Waals surface area contributed by atoms with E-state index in [0.717, 1.165) is 24.0 Å². The van der Waals surface area contributed by atoms with Gasteiger partial charge in [0, 0.05) is 5.92 Å². The number of aromatic nitrogens is 4. The Morgan fingerprint density at radius 2 is 2.27 bits per heavy atom. The van der Waals surface area contributed by atoms with Crippen LogP contribution < -0.4 is 5.43 Å². The molecule has 132 valence electrons. The molecule has 1 fully saturated rings. The zero-order valence-corrected chi connectivity index (χ0v) is 14.9. The van der Waals surface area contributed by atoms with Gasteiger partial charge in [-0.15, -0.1) is 0 Å². The molecule has 0 atom stereocenters. The molecular formula is C18H17ClN6O. The van der Waals surface area contributed by atoms with Crippen molar-refractivity contribution in [2.24, 2.45) is 11.0 Å². The number of rotatable bonds is 6. The van der Waals surface area contributed by atoms with Crippen LogP contribution in [0.25, 0.3) is 11.2 Å². The lowest BCUT2D eigenvalue weighted by Crippen LogP contribution is -2.11. The third-order valence-corrected chi connectivity index (χ3v) is 4.39. The van der Waals surface area contributed by atoms with Crippen molar-refractivity contribution in [1.82, 2.24) is 19.5 Å². The Labute approximate surface area is 155 Å². The van der Waals surface area contributed by atoms with Crippen LogP contribution in [0.2, 0.25) is 5.28 Å². The summed E-state index contributed by atoms with van der Waals surface area (Å²) >= 11 is 6.04. The van der Waals surface area contributed by atoms with Crippen LogP contribution >= 0.6 is 11.6 Å². The van der Waals surface area contributed by atoms with Crippen molar-refractivity contribution < 1.29 is 4.79 Å². The highest BCUT2D eigenvalue weighted by molar-refractivity contribution is 6.28. The first-order valence-electron chi connectivity index (χ1n) is 8.37. The number of halogens is 1. The molecule has 1 aliphatic rings. The lowest BCUT2D eigenvalue weighted by Gasteiger charge is -2.04. The van der Waals surface area contributed by atoms with Crippen LogP contribution in [0.1, 0.15) is 24.0 Å². The number of anilines is 1. The summed E-state index contributed by atoms with van der Waals surface area (Å²) in [5, 5.41) is 4.29. The number of nitrogens with zero attached hydrogens (tertiary/aromatic N) is 5. The quantitative estimate of drug-likeness (QED) is 0.410. The smallest absolute Gasteiger partial charge is 0.226 e. The highest BCUT2D eigenvalue weighted by Crippen LogP contribution is 2.31. The number of hydrazone groups is 1. The van der Waals surface area contributed by atoms with E-state index in [9.17, 15) is 4.79 Å². The number of hydrogen-bond donors (Lipinski definition) is 1. The maximum absolute atomic E-state index is 12.1. The number of carbonyl (C=O) groups is 1. The van der Waals surface area contributed by atoms with Gasteiger partial charge in [0.25, 0.3) is 0 Å². The summed E-state index contributed by atoms with van der Waals surface area (Å²) in [6, 6.07) is 7.97. The molecule has 1 N–H and O–H groups in total. The molecule has 3 aromatic rings. The predicted octanol–water partition coefficient (Wildman–Crippen LogP) is 3.21. The van der Waals surface area contributed by atoms with Crippen molar-refractivity contribution in [1.29, 1.82) is 0 Å². The van der Waals surface area contributed by atoms with E-state index in [1.54, 1.807) is 17.1 Å². The van der Waals surface area contributed by atoms with E-state index in [1.165, 1.54) is 0 Å². The minimum absolute atomic E-state index is 0.0753. The third kappa shape index (κ3) is 3.57. The zero-order valence-electron chi connectivity index (χ0n) is 14.2. The van der Waals surface area contributed by atoms with Gasteiger partial charge in [-0.25, -0.2) is 4.98 Å². The molecule has 0 aliphatic heterocycles. The van der Waals surface area contributed by atoms with Gasteiger partial charge >= 0.3 is 0 Å². The van der Waals surface area contributed by atoms with Crippen molar-refractivity contribution in [2.45, 2.75) is 26.3 Å². The summed E-state index contributed by atoms with van der Waals surface area (Å²) in [4.78, 5) is 24.8. The summed E-state index contributed by atoms with van der Waals surface area (Å²) in [7, 11) is 0. The first-order chi connectivity index (χ1) is 12.6. The lowest BCUT2D eigenvalue weighted by molar-refractivity contribution is -0.120. The van der Waals surface area contributed by atoms with Gasteiger partial charge in [-0.2, -0.15) is 15.1 Å². The second-order valence-corrected chi connectivity index (χ2v) is 6.75. The largest absolute Gasteiger partial charge is 0.308 e. The van der Waals surface area contributed by atoms with E-state index < -0.39 is 0 Å². The summed E-state index contributed by atoms with van der Waals surface area (Å²) in [5.41, 5.74) is 6.04. The van der Waals surface area contributed by atoms with Crippen LogP contribution in [0.4, 0.5) is 5.82 Å². The Kier molecular flexibility index (Phi) is 4.38. The number of hydrogen-bond acceptors (Lipinski definition) is 6. The maximum atomic E-state index is 12.1. The maximum Gasteiger partial charge on any atom is 0.226 e. The number of ketones is 1. The van der Waals surface area contributed by atoms with Gasteiger partial charge in [0.2, 0.25) is 5.28 Å². The van der Waals surface area contributed by atoms with E-state index in [0.29, 0.717) is 17.0 Å². The Morgan fingerprint density at radius 3 is 3.04 bits per heavy atom. The molecule has 0 bridgehead atoms. The average molecular weight is 369 g/mol. The Hall–Kier alpha value is -2.80. The SMILES string of the molecule is Cc1cccc(/C=N/Nc2nc(Cl)nc3c2ncn3CC(=O)C2CC2)c1. The first-order valence-corrected chi connectivity index (χ1v) is 8.75. The summed E-state index contributed by atoms with van der Waals surface area (Å²) in [6.07, 6.45) is 5.23. The second-order valence-electron chi connectivity index (χ2n) is 6.41. The van der Waals surface area contributed by atoms with Crippen LogP contribution in [0.3, 0.4) is 0 Å². The fourth-order valence-corrected chi connectivity index (χ4v) is 2.90. The van der Waals surface area contributed by atoms with Gasteiger partial charge in [0.15, 0.2) is 22.8 Å². The molecule has 0 unspecified atom stereocenters. The zero-order chi connectivity index (χ0) is 18.1. The van der Waals surface area contributed by atoms with Crippen molar-refractivity contribution in [2.75, 3.05) is 5.43 Å². The number of benzene rings is 1. The van der Waals surface area contributed by atoms with Crippen molar-refractivity contribution >= 4 is 40.6 Å². The van der Waals surface area contributed by atoms with E-state index in [1.807, 2.05) is 31.2 Å². The normalized spacial score (nSPS) is 14.2. The van der Waals surface area contributed by atoms with E-state index in [-0.39, 0.29) is 23.5 Å².